The minimum absolute atomic E-state index is 0. The summed E-state index contributed by atoms with van der Waals surface area (Å²) < 4.78 is 25.5. The molecule has 0 bridgehead atoms. The van der Waals surface area contributed by atoms with E-state index in [9.17, 15) is 13.2 Å². The lowest BCUT2D eigenvalue weighted by molar-refractivity contribution is -0.121. The molecule has 0 aliphatic rings. The van der Waals surface area contributed by atoms with Crippen LogP contribution in [0.25, 0.3) is 0 Å². The number of carbonyl (C=O) groups is 1. The third-order valence-electron chi connectivity index (χ3n) is 2.71. The molecule has 0 aromatic heterocycles. The molecule has 120 valence electrons. The first-order valence-electron chi connectivity index (χ1n) is 6.28. The van der Waals surface area contributed by atoms with Gasteiger partial charge in [0.25, 0.3) is 0 Å². The summed E-state index contributed by atoms with van der Waals surface area (Å²) in [4.78, 5) is 11.8. The van der Waals surface area contributed by atoms with Crippen LogP contribution in [0.2, 0.25) is 0 Å². The summed E-state index contributed by atoms with van der Waals surface area (Å²) >= 11 is 0. The quantitative estimate of drug-likeness (QED) is 0.801. The van der Waals surface area contributed by atoms with Gasteiger partial charge in [0.2, 0.25) is 15.9 Å². The third-order valence-corrected chi connectivity index (χ3v) is 4.63. The Morgan fingerprint density at radius 3 is 2.43 bits per heavy atom. The van der Waals surface area contributed by atoms with E-state index in [2.05, 4.69) is 5.32 Å². The number of nitrogens with two attached hydrogens (primary N) is 1. The number of nitrogens with zero attached hydrogens (tertiary/aromatic N) is 1. The van der Waals surface area contributed by atoms with Crippen LogP contribution < -0.4 is 11.1 Å². The van der Waals surface area contributed by atoms with Gasteiger partial charge in [-0.1, -0.05) is 18.2 Å². The van der Waals surface area contributed by atoms with Gasteiger partial charge in [0.15, 0.2) is 0 Å². The standard InChI is InChI=1S/C13H21N3O3S.ClH/c1-10(14)8-13(17)15-9-11-6-4-5-7-12(11)20(18,19)16(2)3;/h4-7,10H,8-9,14H2,1-3H3,(H,15,17);1H. The number of hydrogen-bond donors (Lipinski definition) is 2. The van der Waals surface area contributed by atoms with Crippen molar-refractivity contribution in [2.24, 2.45) is 5.73 Å². The van der Waals surface area contributed by atoms with Crippen LogP contribution in [0.15, 0.2) is 29.2 Å². The lowest BCUT2D eigenvalue weighted by Crippen LogP contribution is -2.30. The van der Waals surface area contributed by atoms with E-state index in [1.807, 2.05) is 0 Å². The van der Waals surface area contributed by atoms with Crippen LogP contribution in [0, 0.1) is 0 Å². The molecule has 1 amide bonds. The zero-order valence-corrected chi connectivity index (χ0v) is 14.0. The first kappa shape index (κ1) is 19.9. The van der Waals surface area contributed by atoms with Gasteiger partial charge in [-0.15, -0.1) is 12.4 Å². The van der Waals surface area contributed by atoms with E-state index < -0.39 is 10.0 Å². The molecule has 6 nitrogen and oxygen atoms in total. The maximum atomic E-state index is 12.2. The van der Waals surface area contributed by atoms with Gasteiger partial charge in [-0.05, 0) is 18.6 Å². The Hall–Kier alpha value is -1.15. The smallest absolute Gasteiger partial charge is 0.242 e. The van der Waals surface area contributed by atoms with Crippen LogP contribution in [0.5, 0.6) is 0 Å². The minimum atomic E-state index is -3.52. The van der Waals surface area contributed by atoms with Gasteiger partial charge in [-0.2, -0.15) is 0 Å². The fraction of sp³-hybridized carbons (Fsp3) is 0.462. The number of nitrogens with one attached hydrogen (secondary N) is 1. The molecule has 0 heterocycles. The maximum Gasteiger partial charge on any atom is 0.242 e. The van der Waals surface area contributed by atoms with Gasteiger partial charge in [-0.3, -0.25) is 4.79 Å². The Morgan fingerprint density at radius 2 is 1.90 bits per heavy atom. The Labute approximate surface area is 132 Å². The van der Waals surface area contributed by atoms with Crippen molar-refractivity contribution >= 4 is 28.3 Å². The average Bonchev–Trinajstić information content (AvgIpc) is 2.35. The van der Waals surface area contributed by atoms with Crippen molar-refractivity contribution in [3.8, 4) is 0 Å². The van der Waals surface area contributed by atoms with Crippen molar-refractivity contribution in [3.05, 3.63) is 29.8 Å². The molecule has 1 unspecified atom stereocenters. The fourth-order valence-electron chi connectivity index (χ4n) is 1.66. The van der Waals surface area contributed by atoms with Crippen molar-refractivity contribution in [3.63, 3.8) is 0 Å². The van der Waals surface area contributed by atoms with Crippen LogP contribution >= 0.6 is 12.4 Å². The largest absolute Gasteiger partial charge is 0.352 e. The van der Waals surface area contributed by atoms with E-state index in [1.54, 1.807) is 25.1 Å². The Kier molecular flexibility index (Phi) is 7.87. The van der Waals surface area contributed by atoms with Crippen molar-refractivity contribution in [2.75, 3.05) is 14.1 Å². The number of rotatable bonds is 6. The Bertz CT molecular complexity index is 574. The van der Waals surface area contributed by atoms with Crippen LogP contribution in [0.3, 0.4) is 0 Å². The van der Waals surface area contributed by atoms with E-state index in [0.717, 1.165) is 4.31 Å². The van der Waals surface area contributed by atoms with Crippen LogP contribution in [0.4, 0.5) is 0 Å². The third kappa shape index (κ3) is 5.62. The highest BCUT2D eigenvalue weighted by Crippen LogP contribution is 2.18. The maximum absolute atomic E-state index is 12.2. The predicted octanol–water partition coefficient (Wildman–Crippen LogP) is 0.712. The van der Waals surface area contributed by atoms with Crippen LogP contribution in [-0.4, -0.2) is 38.8 Å². The summed E-state index contributed by atoms with van der Waals surface area (Å²) in [7, 11) is -0.575. The minimum Gasteiger partial charge on any atom is -0.352 e. The molecule has 0 spiro atoms. The molecule has 21 heavy (non-hydrogen) atoms. The zero-order valence-electron chi connectivity index (χ0n) is 12.4. The molecule has 0 saturated heterocycles. The molecule has 8 heteroatoms. The van der Waals surface area contributed by atoms with Gasteiger partial charge >= 0.3 is 0 Å². The second-order valence-corrected chi connectivity index (χ2v) is 6.97. The van der Waals surface area contributed by atoms with E-state index in [0.29, 0.717) is 5.56 Å². The van der Waals surface area contributed by atoms with Gasteiger partial charge in [0.05, 0.1) is 4.90 Å². The summed E-state index contributed by atoms with van der Waals surface area (Å²) in [5.74, 6) is -0.197. The highest BCUT2D eigenvalue weighted by atomic mass is 35.5. The van der Waals surface area contributed by atoms with Crippen molar-refractivity contribution in [1.82, 2.24) is 9.62 Å². The zero-order chi connectivity index (χ0) is 15.3. The van der Waals surface area contributed by atoms with Crippen LogP contribution in [0.1, 0.15) is 18.9 Å². The lowest BCUT2D eigenvalue weighted by Gasteiger charge is -2.15. The lowest BCUT2D eigenvalue weighted by atomic mass is 10.2. The molecular weight excluding hydrogens is 314 g/mol. The van der Waals surface area contributed by atoms with Gasteiger partial charge < -0.3 is 11.1 Å². The molecule has 3 N–H and O–H groups in total. The van der Waals surface area contributed by atoms with E-state index >= 15 is 0 Å². The first-order valence-corrected chi connectivity index (χ1v) is 7.72. The monoisotopic (exact) mass is 335 g/mol. The van der Waals surface area contributed by atoms with E-state index in [1.165, 1.54) is 20.2 Å². The summed E-state index contributed by atoms with van der Waals surface area (Å²) in [6.45, 7) is 1.90. The number of amides is 1. The number of halogens is 1. The Balaban J connectivity index is 0.00000400. The first-order chi connectivity index (χ1) is 9.25. The topological polar surface area (TPSA) is 92.5 Å². The summed E-state index contributed by atoms with van der Waals surface area (Å²) in [5, 5.41) is 2.68. The summed E-state index contributed by atoms with van der Waals surface area (Å²) in [5.41, 5.74) is 6.09. The van der Waals surface area contributed by atoms with Gasteiger partial charge in [0, 0.05) is 33.1 Å². The number of carbonyl (C=O) groups excluding carboxylic acids is 1. The summed E-state index contributed by atoms with van der Waals surface area (Å²) in [6.07, 6.45) is 0.211. The molecule has 1 atom stereocenters. The molecule has 0 radical (unpaired) electrons. The number of hydrogen-bond acceptors (Lipinski definition) is 4. The molecule has 1 aromatic rings. The molecule has 0 fully saturated rings. The Morgan fingerprint density at radius 1 is 1.33 bits per heavy atom. The number of benzene rings is 1. The molecule has 1 aromatic carbocycles. The molecule has 1 rings (SSSR count). The van der Waals surface area contributed by atoms with Gasteiger partial charge in [0.1, 0.15) is 0 Å². The fourth-order valence-corrected chi connectivity index (χ4v) is 2.77. The normalized spacial score (nSPS) is 12.6. The second-order valence-electron chi connectivity index (χ2n) is 4.85. The molecule has 0 saturated carbocycles. The van der Waals surface area contributed by atoms with E-state index in [4.69, 9.17) is 5.73 Å². The van der Waals surface area contributed by atoms with Crippen molar-refractivity contribution in [1.29, 1.82) is 0 Å². The highest BCUT2D eigenvalue weighted by molar-refractivity contribution is 7.89. The SMILES string of the molecule is CC(N)CC(=O)NCc1ccccc1S(=O)(=O)N(C)C.Cl. The highest BCUT2D eigenvalue weighted by Gasteiger charge is 2.20. The van der Waals surface area contributed by atoms with Gasteiger partial charge in [-0.25, -0.2) is 12.7 Å². The average molecular weight is 336 g/mol. The molecular formula is C13H22ClN3O3S. The van der Waals surface area contributed by atoms with Crippen LogP contribution in [-0.2, 0) is 21.4 Å². The second kappa shape index (κ2) is 8.33. The van der Waals surface area contributed by atoms with Crippen molar-refractivity contribution < 1.29 is 13.2 Å². The molecule has 0 aliphatic carbocycles. The number of sulfonamides is 1. The summed E-state index contributed by atoms with van der Waals surface area (Å²) in [6, 6.07) is 6.38. The van der Waals surface area contributed by atoms with Crippen molar-refractivity contribution in [2.45, 2.75) is 30.8 Å². The van der Waals surface area contributed by atoms with E-state index in [-0.39, 0.29) is 42.2 Å². The molecule has 0 aliphatic heterocycles. The predicted molar refractivity (Wildman–Crippen MR) is 84.7 cm³/mol.